The summed E-state index contributed by atoms with van der Waals surface area (Å²) in [7, 11) is 0. The molecule has 0 aliphatic heterocycles. The van der Waals surface area contributed by atoms with Crippen molar-refractivity contribution in [2.45, 2.75) is 13.5 Å². The van der Waals surface area contributed by atoms with Gasteiger partial charge in [0.1, 0.15) is 17.6 Å². The zero-order valence-corrected chi connectivity index (χ0v) is 14.6. The summed E-state index contributed by atoms with van der Waals surface area (Å²) in [6.45, 7) is 1.70. The maximum Gasteiger partial charge on any atom is 0.297 e. The van der Waals surface area contributed by atoms with Gasteiger partial charge in [0.25, 0.3) is 5.56 Å². The molecule has 0 unspecified atom stereocenters. The van der Waals surface area contributed by atoms with E-state index in [2.05, 4.69) is 10.3 Å². The summed E-state index contributed by atoms with van der Waals surface area (Å²) in [4.78, 5) is 29.2. The Labute approximate surface area is 153 Å². The Bertz CT molecular complexity index is 1210. The summed E-state index contributed by atoms with van der Waals surface area (Å²) in [5.74, 6) is -0.357. The average Bonchev–Trinajstić information content (AvgIpc) is 3.00. The van der Waals surface area contributed by atoms with Crippen LogP contribution in [0.2, 0.25) is 5.02 Å². The summed E-state index contributed by atoms with van der Waals surface area (Å²) in [5, 5.41) is 4.05. The van der Waals surface area contributed by atoms with Gasteiger partial charge < -0.3 is 9.73 Å². The van der Waals surface area contributed by atoms with Crippen molar-refractivity contribution in [2.75, 3.05) is 5.32 Å². The molecule has 0 atom stereocenters. The Morgan fingerprint density at radius 3 is 2.88 bits per heavy atom. The SMILES string of the molecule is Cc1ccc(NC(=O)Cn2cnc3c(oc4ccccc43)c2=O)cc1Cl. The minimum atomic E-state index is -0.400. The second-order valence-corrected chi connectivity index (χ2v) is 6.37. The molecule has 1 amide bonds. The first-order valence-electron chi connectivity index (χ1n) is 7.95. The number of anilines is 1. The Kier molecular flexibility index (Phi) is 3.97. The van der Waals surface area contributed by atoms with Crippen LogP contribution < -0.4 is 10.9 Å². The Hall–Kier alpha value is -3.12. The predicted molar refractivity (Wildman–Crippen MR) is 101 cm³/mol. The number of carbonyl (C=O) groups is 1. The molecule has 0 spiro atoms. The van der Waals surface area contributed by atoms with Crippen LogP contribution >= 0.6 is 11.6 Å². The fraction of sp³-hybridized carbons (Fsp3) is 0.105. The number of furan rings is 1. The summed E-state index contributed by atoms with van der Waals surface area (Å²) in [6, 6.07) is 12.5. The van der Waals surface area contributed by atoms with Gasteiger partial charge in [0.2, 0.25) is 11.5 Å². The van der Waals surface area contributed by atoms with E-state index in [1.54, 1.807) is 18.2 Å². The Morgan fingerprint density at radius 1 is 1.27 bits per heavy atom. The third-order valence-corrected chi connectivity index (χ3v) is 4.53. The number of benzene rings is 2. The van der Waals surface area contributed by atoms with Gasteiger partial charge in [-0.25, -0.2) is 4.98 Å². The molecule has 0 saturated carbocycles. The highest BCUT2D eigenvalue weighted by Crippen LogP contribution is 2.24. The number of hydrogen-bond acceptors (Lipinski definition) is 4. The van der Waals surface area contributed by atoms with Gasteiger partial charge in [-0.05, 0) is 36.8 Å². The normalized spacial score (nSPS) is 11.2. The van der Waals surface area contributed by atoms with E-state index in [0.717, 1.165) is 10.9 Å². The zero-order valence-electron chi connectivity index (χ0n) is 13.8. The number of nitrogens with one attached hydrogen (secondary N) is 1. The van der Waals surface area contributed by atoms with E-state index < -0.39 is 5.56 Å². The van der Waals surface area contributed by atoms with Crippen molar-refractivity contribution < 1.29 is 9.21 Å². The van der Waals surface area contributed by atoms with Gasteiger partial charge in [-0.3, -0.25) is 14.2 Å². The van der Waals surface area contributed by atoms with Crippen LogP contribution in [0.3, 0.4) is 0 Å². The van der Waals surface area contributed by atoms with Crippen LogP contribution in [0.25, 0.3) is 22.1 Å². The molecular weight excluding hydrogens is 354 g/mol. The predicted octanol–water partition coefficient (Wildman–Crippen LogP) is 3.74. The second kappa shape index (κ2) is 6.31. The number of nitrogens with zero attached hydrogens (tertiary/aromatic N) is 2. The van der Waals surface area contributed by atoms with Crippen molar-refractivity contribution in [2.24, 2.45) is 0 Å². The smallest absolute Gasteiger partial charge is 0.297 e. The van der Waals surface area contributed by atoms with Crippen molar-refractivity contribution >= 4 is 45.3 Å². The quantitative estimate of drug-likeness (QED) is 0.598. The summed E-state index contributed by atoms with van der Waals surface area (Å²) >= 11 is 6.06. The third kappa shape index (κ3) is 2.84. The topological polar surface area (TPSA) is 77.1 Å². The van der Waals surface area contributed by atoms with Gasteiger partial charge in [0.15, 0.2) is 0 Å². The lowest BCUT2D eigenvalue weighted by molar-refractivity contribution is -0.116. The van der Waals surface area contributed by atoms with Crippen LogP contribution in [0.1, 0.15) is 5.56 Å². The van der Waals surface area contributed by atoms with Gasteiger partial charge in [-0.1, -0.05) is 29.8 Å². The standard InChI is InChI=1S/C19H14ClN3O3/c1-11-6-7-12(8-14(11)20)22-16(24)9-23-10-21-17-13-4-2-3-5-15(13)26-18(17)19(23)25/h2-8,10H,9H2,1H3,(H,22,24). The molecule has 26 heavy (non-hydrogen) atoms. The Balaban J connectivity index is 1.63. The van der Waals surface area contributed by atoms with Gasteiger partial charge in [-0.2, -0.15) is 0 Å². The number of hydrogen-bond donors (Lipinski definition) is 1. The van der Waals surface area contributed by atoms with E-state index in [1.165, 1.54) is 10.9 Å². The van der Waals surface area contributed by atoms with Crippen molar-refractivity contribution in [1.82, 2.24) is 9.55 Å². The van der Waals surface area contributed by atoms with Crippen LogP contribution in [0.5, 0.6) is 0 Å². The first kappa shape index (κ1) is 16.4. The van der Waals surface area contributed by atoms with E-state index in [0.29, 0.717) is 21.8 Å². The van der Waals surface area contributed by atoms with Crippen LogP contribution in [-0.4, -0.2) is 15.5 Å². The number of aromatic nitrogens is 2. The van der Waals surface area contributed by atoms with E-state index in [4.69, 9.17) is 16.0 Å². The van der Waals surface area contributed by atoms with Gasteiger partial charge >= 0.3 is 0 Å². The molecule has 0 aliphatic carbocycles. The van der Waals surface area contributed by atoms with Crippen LogP contribution in [0, 0.1) is 6.92 Å². The zero-order chi connectivity index (χ0) is 18.3. The minimum Gasteiger partial charge on any atom is -0.448 e. The molecule has 0 saturated heterocycles. The molecule has 7 heteroatoms. The lowest BCUT2D eigenvalue weighted by Crippen LogP contribution is -2.27. The first-order valence-corrected chi connectivity index (χ1v) is 8.33. The molecule has 4 rings (SSSR count). The summed E-state index contributed by atoms with van der Waals surface area (Å²) in [5.41, 5.74) is 2.30. The second-order valence-electron chi connectivity index (χ2n) is 5.97. The largest absolute Gasteiger partial charge is 0.448 e. The number of aryl methyl sites for hydroxylation is 1. The molecule has 1 N–H and O–H groups in total. The molecule has 2 heterocycles. The number of carbonyl (C=O) groups excluding carboxylic acids is 1. The van der Waals surface area contributed by atoms with Crippen molar-refractivity contribution in [1.29, 1.82) is 0 Å². The molecule has 0 aliphatic rings. The highest BCUT2D eigenvalue weighted by Gasteiger charge is 2.14. The third-order valence-electron chi connectivity index (χ3n) is 4.12. The van der Waals surface area contributed by atoms with E-state index >= 15 is 0 Å². The fourth-order valence-corrected chi connectivity index (χ4v) is 2.93. The molecule has 130 valence electrons. The van der Waals surface area contributed by atoms with Gasteiger partial charge in [0, 0.05) is 16.1 Å². The first-order chi connectivity index (χ1) is 12.5. The van der Waals surface area contributed by atoms with E-state index in [9.17, 15) is 9.59 Å². The molecule has 0 fully saturated rings. The monoisotopic (exact) mass is 367 g/mol. The highest BCUT2D eigenvalue weighted by atomic mass is 35.5. The maximum atomic E-state index is 12.6. The summed E-state index contributed by atoms with van der Waals surface area (Å²) in [6.07, 6.45) is 1.36. The van der Waals surface area contributed by atoms with Crippen molar-refractivity contribution in [3.63, 3.8) is 0 Å². The Morgan fingerprint density at radius 2 is 2.08 bits per heavy atom. The molecular formula is C19H14ClN3O3. The van der Waals surface area contributed by atoms with Crippen LogP contribution in [-0.2, 0) is 11.3 Å². The highest BCUT2D eigenvalue weighted by molar-refractivity contribution is 6.31. The lowest BCUT2D eigenvalue weighted by atomic mass is 10.2. The average molecular weight is 368 g/mol. The molecule has 0 radical (unpaired) electrons. The van der Waals surface area contributed by atoms with Crippen LogP contribution in [0.4, 0.5) is 5.69 Å². The van der Waals surface area contributed by atoms with Crippen LogP contribution in [0.15, 0.2) is 58.0 Å². The minimum absolute atomic E-state index is 0.139. The molecule has 2 aromatic carbocycles. The molecule has 2 aromatic heterocycles. The molecule has 4 aromatic rings. The number of rotatable bonds is 3. The van der Waals surface area contributed by atoms with Crippen molar-refractivity contribution in [3.8, 4) is 0 Å². The van der Waals surface area contributed by atoms with Gasteiger partial charge in [-0.15, -0.1) is 0 Å². The lowest BCUT2D eigenvalue weighted by Gasteiger charge is -2.08. The molecule has 0 bridgehead atoms. The number of amides is 1. The fourth-order valence-electron chi connectivity index (χ4n) is 2.75. The number of fused-ring (bicyclic) bond motifs is 3. The summed E-state index contributed by atoms with van der Waals surface area (Å²) < 4.78 is 6.83. The number of halogens is 1. The number of para-hydroxylation sites is 1. The van der Waals surface area contributed by atoms with E-state index in [1.807, 2.05) is 31.2 Å². The molecule has 6 nitrogen and oxygen atoms in total. The van der Waals surface area contributed by atoms with Crippen molar-refractivity contribution in [3.05, 3.63) is 69.7 Å². The maximum absolute atomic E-state index is 12.6. The van der Waals surface area contributed by atoms with E-state index in [-0.39, 0.29) is 18.0 Å². The van der Waals surface area contributed by atoms with Gasteiger partial charge in [0.05, 0.1) is 6.33 Å².